The van der Waals surface area contributed by atoms with Crippen molar-refractivity contribution in [3.8, 4) is 5.75 Å². The Bertz CT molecular complexity index is 1140. The molecule has 0 aliphatic rings. The number of hydrogen-bond donors (Lipinski definition) is 0. The Balaban J connectivity index is 1.81. The molecule has 0 N–H and O–H groups in total. The van der Waals surface area contributed by atoms with Crippen molar-refractivity contribution in [1.29, 1.82) is 0 Å². The predicted molar refractivity (Wildman–Crippen MR) is 116 cm³/mol. The average Bonchev–Trinajstić information content (AvgIpc) is 2.65. The molecule has 3 aromatic carbocycles. The van der Waals surface area contributed by atoms with Gasteiger partial charge in [-0.1, -0.05) is 29.8 Å². The van der Waals surface area contributed by atoms with Gasteiger partial charge in [0.25, 0.3) is 0 Å². The molecule has 3 aromatic rings. The highest BCUT2D eigenvalue weighted by Crippen LogP contribution is 2.29. The maximum Gasteiger partial charge on any atom is 0.339 e. The van der Waals surface area contributed by atoms with Crippen molar-refractivity contribution in [2.45, 2.75) is 25.7 Å². The fraction of sp³-hybridized carbons (Fsp3) is 0.136. The molecule has 4 nitrogen and oxygen atoms in total. The first-order valence-electron chi connectivity index (χ1n) is 8.67. The van der Waals surface area contributed by atoms with Crippen LogP contribution in [0.1, 0.15) is 22.3 Å². The first-order valence-corrected chi connectivity index (χ1v) is 10.9. The third kappa shape index (κ3) is 4.69. The van der Waals surface area contributed by atoms with Crippen LogP contribution in [0.15, 0.2) is 75.0 Å². The van der Waals surface area contributed by atoms with Crippen LogP contribution >= 0.6 is 15.9 Å². The van der Waals surface area contributed by atoms with Gasteiger partial charge in [0, 0.05) is 6.21 Å². The van der Waals surface area contributed by atoms with Gasteiger partial charge in [0.2, 0.25) is 0 Å². The molecule has 3 rings (SSSR count). The van der Waals surface area contributed by atoms with E-state index in [1.807, 2.05) is 39.0 Å². The molecule has 0 unspecified atom stereocenters. The van der Waals surface area contributed by atoms with Crippen LogP contribution in [-0.4, -0.2) is 14.6 Å². The zero-order valence-electron chi connectivity index (χ0n) is 15.8. The Morgan fingerprint density at radius 2 is 1.68 bits per heavy atom. The molecule has 0 aliphatic carbocycles. The molecule has 0 saturated carbocycles. The quantitative estimate of drug-likeness (QED) is 0.354. The molecule has 0 bridgehead atoms. The minimum absolute atomic E-state index is 0.116. The van der Waals surface area contributed by atoms with Crippen LogP contribution < -0.4 is 4.18 Å². The van der Waals surface area contributed by atoms with Gasteiger partial charge in [0.05, 0.1) is 10.2 Å². The molecular formula is C22H20BrNO3S. The Labute approximate surface area is 174 Å². The van der Waals surface area contributed by atoms with Crippen LogP contribution in [0.25, 0.3) is 0 Å². The second-order valence-electron chi connectivity index (χ2n) is 6.52. The van der Waals surface area contributed by atoms with Crippen molar-refractivity contribution < 1.29 is 12.6 Å². The normalized spacial score (nSPS) is 11.7. The molecule has 0 heterocycles. The number of aryl methyl sites for hydroxylation is 2. The lowest BCUT2D eigenvalue weighted by atomic mass is 10.1. The van der Waals surface area contributed by atoms with E-state index in [1.165, 1.54) is 17.7 Å². The Morgan fingerprint density at radius 1 is 0.964 bits per heavy atom. The van der Waals surface area contributed by atoms with Crippen LogP contribution in [0.2, 0.25) is 0 Å². The van der Waals surface area contributed by atoms with Crippen LogP contribution in [0, 0.1) is 20.8 Å². The molecule has 0 aliphatic heterocycles. The van der Waals surface area contributed by atoms with E-state index in [0.29, 0.717) is 4.47 Å². The summed E-state index contributed by atoms with van der Waals surface area (Å²) < 4.78 is 30.7. The highest BCUT2D eigenvalue weighted by molar-refractivity contribution is 9.10. The summed E-state index contributed by atoms with van der Waals surface area (Å²) in [6.07, 6.45) is 1.74. The van der Waals surface area contributed by atoms with Gasteiger partial charge in [-0.15, -0.1) is 0 Å². The minimum Gasteiger partial charge on any atom is -0.378 e. The zero-order valence-corrected chi connectivity index (χ0v) is 18.2. The van der Waals surface area contributed by atoms with E-state index in [1.54, 1.807) is 36.5 Å². The summed E-state index contributed by atoms with van der Waals surface area (Å²) in [5, 5.41) is 0. The van der Waals surface area contributed by atoms with E-state index in [2.05, 4.69) is 20.9 Å². The predicted octanol–water partition coefficient (Wildman–Crippen LogP) is 5.89. The standard InChI is InChI=1S/C22H20BrNO3S/c1-15-7-10-19(11-8-15)28(25,26)27-22-12-9-18(13-20(22)23)14-24-21-6-4-5-16(2)17(21)3/h4-14H,1-3H3. The number of aliphatic imine (C=N–C) groups is 1. The highest BCUT2D eigenvalue weighted by Gasteiger charge is 2.18. The molecule has 144 valence electrons. The maximum absolute atomic E-state index is 12.5. The molecule has 28 heavy (non-hydrogen) atoms. The fourth-order valence-electron chi connectivity index (χ4n) is 2.56. The van der Waals surface area contributed by atoms with Gasteiger partial charge in [0.15, 0.2) is 5.75 Å². The van der Waals surface area contributed by atoms with E-state index in [0.717, 1.165) is 22.4 Å². The van der Waals surface area contributed by atoms with Crippen molar-refractivity contribution >= 4 is 38.0 Å². The molecule has 0 radical (unpaired) electrons. The molecular weight excluding hydrogens is 438 g/mol. The largest absolute Gasteiger partial charge is 0.378 e. The van der Waals surface area contributed by atoms with Crippen molar-refractivity contribution in [3.05, 3.63) is 87.4 Å². The lowest BCUT2D eigenvalue weighted by Gasteiger charge is -2.09. The van der Waals surface area contributed by atoms with Crippen molar-refractivity contribution in [3.63, 3.8) is 0 Å². The second kappa shape index (κ2) is 8.29. The Kier molecular flexibility index (Phi) is 6.01. The van der Waals surface area contributed by atoms with Gasteiger partial charge in [-0.25, -0.2) is 0 Å². The summed E-state index contributed by atoms with van der Waals surface area (Å²) in [4.78, 5) is 4.65. The number of hydrogen-bond acceptors (Lipinski definition) is 4. The average molecular weight is 458 g/mol. The molecule has 0 spiro atoms. The van der Waals surface area contributed by atoms with Crippen LogP contribution in [0.3, 0.4) is 0 Å². The van der Waals surface area contributed by atoms with E-state index < -0.39 is 10.1 Å². The van der Waals surface area contributed by atoms with Gasteiger partial charge < -0.3 is 4.18 Å². The lowest BCUT2D eigenvalue weighted by Crippen LogP contribution is -2.10. The minimum atomic E-state index is -3.89. The van der Waals surface area contributed by atoms with Gasteiger partial charge >= 0.3 is 10.1 Å². The fourth-order valence-corrected chi connectivity index (χ4v) is 4.09. The molecule has 0 saturated heterocycles. The van der Waals surface area contributed by atoms with Gasteiger partial charge in [-0.05, 0) is 89.8 Å². The Morgan fingerprint density at radius 3 is 2.36 bits per heavy atom. The van der Waals surface area contributed by atoms with E-state index in [9.17, 15) is 8.42 Å². The van der Waals surface area contributed by atoms with Crippen LogP contribution in [0.4, 0.5) is 5.69 Å². The summed E-state index contributed by atoms with van der Waals surface area (Å²) in [6.45, 7) is 5.97. The number of rotatable bonds is 5. The van der Waals surface area contributed by atoms with Crippen molar-refractivity contribution in [2.24, 2.45) is 4.99 Å². The third-order valence-corrected chi connectivity index (χ3v) is 6.26. The van der Waals surface area contributed by atoms with Crippen molar-refractivity contribution in [1.82, 2.24) is 0 Å². The lowest BCUT2D eigenvalue weighted by molar-refractivity contribution is 0.484. The summed E-state index contributed by atoms with van der Waals surface area (Å²) in [5.41, 5.74) is 5.02. The topological polar surface area (TPSA) is 55.7 Å². The third-order valence-electron chi connectivity index (χ3n) is 4.39. The molecule has 0 fully saturated rings. The van der Waals surface area contributed by atoms with Gasteiger partial charge in [-0.2, -0.15) is 8.42 Å². The maximum atomic E-state index is 12.5. The smallest absolute Gasteiger partial charge is 0.339 e. The Hall–Kier alpha value is -2.44. The summed E-state index contributed by atoms with van der Waals surface area (Å²) in [7, 11) is -3.89. The second-order valence-corrected chi connectivity index (χ2v) is 8.92. The van der Waals surface area contributed by atoms with E-state index in [-0.39, 0.29) is 10.6 Å². The summed E-state index contributed by atoms with van der Waals surface area (Å²) in [6, 6.07) is 17.7. The number of benzene rings is 3. The van der Waals surface area contributed by atoms with Gasteiger partial charge in [-0.3, -0.25) is 4.99 Å². The number of halogens is 1. The first kappa shape index (κ1) is 20.3. The SMILES string of the molecule is Cc1ccc(S(=O)(=O)Oc2ccc(C=Nc3cccc(C)c3C)cc2Br)cc1. The first-order chi connectivity index (χ1) is 13.3. The summed E-state index contributed by atoms with van der Waals surface area (Å²) in [5.74, 6) is 0.226. The molecule has 6 heteroatoms. The van der Waals surface area contributed by atoms with Crippen molar-refractivity contribution in [2.75, 3.05) is 0 Å². The molecule has 0 aromatic heterocycles. The van der Waals surface area contributed by atoms with E-state index >= 15 is 0 Å². The van der Waals surface area contributed by atoms with E-state index in [4.69, 9.17) is 4.18 Å². The van der Waals surface area contributed by atoms with Crippen LogP contribution in [0.5, 0.6) is 5.75 Å². The van der Waals surface area contributed by atoms with Crippen LogP contribution in [-0.2, 0) is 10.1 Å². The number of nitrogens with zero attached hydrogens (tertiary/aromatic N) is 1. The monoisotopic (exact) mass is 457 g/mol. The highest BCUT2D eigenvalue weighted by atomic mass is 79.9. The zero-order chi connectivity index (χ0) is 20.3. The van der Waals surface area contributed by atoms with Gasteiger partial charge in [0.1, 0.15) is 4.90 Å². The molecule has 0 amide bonds. The summed E-state index contributed by atoms with van der Waals surface area (Å²) >= 11 is 3.39. The molecule has 0 atom stereocenters.